The molecule has 0 aliphatic carbocycles. The summed E-state index contributed by atoms with van der Waals surface area (Å²) in [6.07, 6.45) is 0. The van der Waals surface area contributed by atoms with Gasteiger partial charge in [-0.2, -0.15) is 0 Å². The maximum absolute atomic E-state index is 14.6. The van der Waals surface area contributed by atoms with Crippen molar-refractivity contribution in [3.8, 4) is 56.1 Å². The van der Waals surface area contributed by atoms with Gasteiger partial charge in [-0.25, -0.2) is 17.6 Å². The van der Waals surface area contributed by atoms with Crippen LogP contribution in [0.1, 0.15) is 0 Å². The first-order valence-electron chi connectivity index (χ1n) is 20.4. The van der Waals surface area contributed by atoms with Crippen LogP contribution in [0, 0.1) is 23.3 Å². The molecule has 6 heteroatoms. The highest BCUT2D eigenvalue weighted by Crippen LogP contribution is 2.49. The van der Waals surface area contributed by atoms with Crippen LogP contribution < -0.4 is 0 Å². The zero-order valence-electron chi connectivity index (χ0n) is 32.9. The third-order valence-corrected chi connectivity index (χ3v) is 12.3. The molecule has 0 N–H and O–H groups in total. The van der Waals surface area contributed by atoms with Crippen LogP contribution in [0.5, 0.6) is 0 Å². The molecule has 0 saturated carbocycles. The molecule has 0 spiro atoms. The molecule has 0 atom stereocenters. The lowest BCUT2D eigenvalue weighted by Gasteiger charge is -2.22. The Hall–Kier alpha value is -7.96. The second kappa shape index (κ2) is 13.8. The van der Waals surface area contributed by atoms with Crippen molar-refractivity contribution in [3.63, 3.8) is 0 Å². The Morgan fingerprint density at radius 2 is 0.613 bits per heavy atom. The number of fused-ring (bicyclic) bond motifs is 2. The van der Waals surface area contributed by atoms with Crippen molar-refractivity contribution in [1.29, 1.82) is 0 Å². The zero-order valence-corrected chi connectivity index (χ0v) is 32.9. The summed E-state index contributed by atoms with van der Waals surface area (Å²) >= 11 is 0. The summed E-state index contributed by atoms with van der Waals surface area (Å²) in [4.78, 5) is 0. The standard InChI is InChI=1S/C56H32F4N2/c57-39-23-15-33(16-24-39)53-43-9-1-3-13-47(43)61(55(53)35-19-27-41(59)28-20-35)49-31-37-7-6-12-46-50(32-38-8-5-11-45(49)51(38)52(37)46)62-48-14-4-2-10-44(48)54(34-17-25-40(58)26-18-34)56(62)36-21-29-42(60)30-22-36/h1-32H. The van der Waals surface area contributed by atoms with Gasteiger partial charge in [-0.05, 0) is 141 Å². The number of nitrogens with zero attached hydrogens (tertiary/aromatic N) is 2. The van der Waals surface area contributed by atoms with E-state index in [1.54, 1.807) is 48.5 Å². The van der Waals surface area contributed by atoms with Crippen molar-refractivity contribution in [3.05, 3.63) is 217 Å². The van der Waals surface area contributed by atoms with Crippen LogP contribution in [0.3, 0.4) is 0 Å². The van der Waals surface area contributed by atoms with E-state index in [0.717, 1.165) is 110 Å². The smallest absolute Gasteiger partial charge is 0.123 e. The molecule has 0 saturated heterocycles. The van der Waals surface area contributed by atoms with E-state index in [1.165, 1.54) is 48.5 Å². The predicted molar refractivity (Wildman–Crippen MR) is 245 cm³/mol. The molecule has 10 aromatic carbocycles. The molecule has 0 unspecified atom stereocenters. The van der Waals surface area contributed by atoms with Crippen LogP contribution in [-0.2, 0) is 0 Å². The summed E-state index contributed by atoms with van der Waals surface area (Å²) in [6.45, 7) is 0. The third-order valence-electron chi connectivity index (χ3n) is 12.3. The number of rotatable bonds is 6. The highest BCUT2D eigenvalue weighted by atomic mass is 19.1. The highest BCUT2D eigenvalue weighted by molar-refractivity contribution is 6.28. The molecule has 12 rings (SSSR count). The topological polar surface area (TPSA) is 9.86 Å². The number of halogens is 4. The molecule has 0 amide bonds. The Morgan fingerprint density at radius 1 is 0.290 bits per heavy atom. The van der Waals surface area contributed by atoms with Gasteiger partial charge in [0.25, 0.3) is 0 Å². The average molecular weight is 809 g/mol. The fourth-order valence-electron chi connectivity index (χ4n) is 9.75. The lowest BCUT2D eigenvalue weighted by molar-refractivity contribution is 0.627. The maximum Gasteiger partial charge on any atom is 0.123 e. The Kier molecular flexibility index (Phi) is 8.00. The van der Waals surface area contributed by atoms with E-state index in [1.807, 2.05) is 24.3 Å². The molecule has 12 aromatic rings. The lowest BCUT2D eigenvalue weighted by Crippen LogP contribution is -2.02. The molecule has 2 heterocycles. The van der Waals surface area contributed by atoms with Crippen LogP contribution >= 0.6 is 0 Å². The van der Waals surface area contributed by atoms with Gasteiger partial charge in [0.15, 0.2) is 0 Å². The number of aromatic nitrogens is 2. The number of para-hydroxylation sites is 2. The minimum Gasteiger partial charge on any atom is -0.308 e. The van der Waals surface area contributed by atoms with Crippen molar-refractivity contribution < 1.29 is 17.6 Å². The molecular weight excluding hydrogens is 777 g/mol. The molecule has 62 heavy (non-hydrogen) atoms. The minimum absolute atomic E-state index is 0.323. The highest BCUT2D eigenvalue weighted by Gasteiger charge is 2.27. The van der Waals surface area contributed by atoms with Gasteiger partial charge in [0.1, 0.15) is 23.3 Å². The molecule has 2 aromatic heterocycles. The number of hydrogen-bond acceptors (Lipinski definition) is 0. The van der Waals surface area contributed by atoms with Gasteiger partial charge in [0.2, 0.25) is 0 Å². The summed E-state index contributed by atoms with van der Waals surface area (Å²) in [5.41, 5.74) is 10.7. The van der Waals surface area contributed by atoms with Crippen molar-refractivity contribution in [2.75, 3.05) is 0 Å². The van der Waals surface area contributed by atoms with Crippen LogP contribution in [0.25, 0.3) is 110 Å². The van der Waals surface area contributed by atoms with Crippen LogP contribution in [0.4, 0.5) is 17.6 Å². The monoisotopic (exact) mass is 808 g/mol. The maximum atomic E-state index is 14.6. The molecule has 0 bridgehead atoms. The quantitative estimate of drug-likeness (QED) is 0.117. The Bertz CT molecular complexity index is 3450. The van der Waals surface area contributed by atoms with Gasteiger partial charge >= 0.3 is 0 Å². The van der Waals surface area contributed by atoms with Gasteiger partial charge in [0.05, 0.1) is 33.8 Å². The van der Waals surface area contributed by atoms with Crippen molar-refractivity contribution in [2.24, 2.45) is 0 Å². The summed E-state index contributed by atoms with van der Waals surface area (Å²) in [7, 11) is 0. The minimum atomic E-state index is -0.333. The predicted octanol–water partition coefficient (Wildman–Crippen LogP) is 15.7. The van der Waals surface area contributed by atoms with E-state index in [9.17, 15) is 17.6 Å². The van der Waals surface area contributed by atoms with E-state index in [-0.39, 0.29) is 23.3 Å². The first-order valence-corrected chi connectivity index (χ1v) is 20.4. The van der Waals surface area contributed by atoms with Crippen LogP contribution in [0.15, 0.2) is 194 Å². The van der Waals surface area contributed by atoms with E-state index in [2.05, 4.69) is 81.9 Å². The molecule has 0 fully saturated rings. The van der Waals surface area contributed by atoms with Gasteiger partial charge in [-0.1, -0.05) is 97.1 Å². The number of hydrogen-bond donors (Lipinski definition) is 0. The fraction of sp³-hybridized carbons (Fsp3) is 0. The average Bonchev–Trinajstić information content (AvgIpc) is 3.83. The van der Waals surface area contributed by atoms with E-state index >= 15 is 0 Å². The molecule has 294 valence electrons. The Balaban J connectivity index is 1.20. The summed E-state index contributed by atoms with van der Waals surface area (Å²) in [6, 6.07) is 59.9. The fourth-order valence-corrected chi connectivity index (χ4v) is 9.75. The second-order valence-electron chi connectivity index (χ2n) is 15.8. The zero-order chi connectivity index (χ0) is 41.6. The first-order chi connectivity index (χ1) is 30.4. The SMILES string of the molecule is Fc1ccc(-c2c(-c3ccc(F)cc3)n(-c3cc4cccc5c(-n6c(-c7ccc(F)cc7)c(-c7ccc(F)cc7)c7ccccc76)cc6cccc3c6c45)c3ccccc23)cc1. The van der Waals surface area contributed by atoms with Crippen molar-refractivity contribution in [2.45, 2.75) is 0 Å². The van der Waals surface area contributed by atoms with E-state index in [0.29, 0.717) is 0 Å². The van der Waals surface area contributed by atoms with Gasteiger partial charge < -0.3 is 9.13 Å². The van der Waals surface area contributed by atoms with E-state index in [4.69, 9.17) is 0 Å². The van der Waals surface area contributed by atoms with Crippen LogP contribution in [0.2, 0.25) is 0 Å². The molecule has 2 nitrogen and oxygen atoms in total. The lowest BCUT2D eigenvalue weighted by atomic mass is 9.91. The van der Waals surface area contributed by atoms with Crippen molar-refractivity contribution in [1.82, 2.24) is 9.13 Å². The first kappa shape index (κ1) is 35.9. The summed E-state index contributed by atoms with van der Waals surface area (Å²) in [5, 5.41) is 8.23. The van der Waals surface area contributed by atoms with Gasteiger partial charge in [-0.15, -0.1) is 0 Å². The van der Waals surface area contributed by atoms with Gasteiger partial charge in [0, 0.05) is 32.7 Å². The normalized spacial score (nSPS) is 11.9. The summed E-state index contributed by atoms with van der Waals surface area (Å²) < 4.78 is 62.5. The van der Waals surface area contributed by atoms with E-state index < -0.39 is 0 Å². The second-order valence-corrected chi connectivity index (χ2v) is 15.8. The number of benzene rings is 10. The van der Waals surface area contributed by atoms with Crippen LogP contribution in [-0.4, -0.2) is 9.13 Å². The largest absolute Gasteiger partial charge is 0.308 e. The molecular formula is C56H32F4N2. The third kappa shape index (κ3) is 5.43. The van der Waals surface area contributed by atoms with Gasteiger partial charge in [-0.3, -0.25) is 0 Å². The summed E-state index contributed by atoms with van der Waals surface area (Å²) in [5.74, 6) is -1.31. The molecule has 0 aliphatic heterocycles. The molecule has 0 radical (unpaired) electrons. The Labute approximate surface area is 353 Å². The Morgan fingerprint density at radius 3 is 0.984 bits per heavy atom. The molecule has 0 aliphatic rings. The van der Waals surface area contributed by atoms with Crippen molar-refractivity contribution >= 4 is 54.1 Å².